The summed E-state index contributed by atoms with van der Waals surface area (Å²) in [5, 5.41) is 0.667. The number of nitrogens with zero attached hydrogens (tertiary/aromatic N) is 2. The van der Waals surface area contributed by atoms with Gasteiger partial charge in [0.05, 0.1) is 6.61 Å². The van der Waals surface area contributed by atoms with E-state index in [4.69, 9.17) is 10.5 Å². The molecule has 8 heteroatoms. The fourth-order valence-electron chi connectivity index (χ4n) is 2.46. The Kier molecular flexibility index (Phi) is 4.32. The van der Waals surface area contributed by atoms with Gasteiger partial charge < -0.3 is 15.4 Å². The van der Waals surface area contributed by atoms with Crippen LogP contribution in [0.15, 0.2) is 4.90 Å². The molecule has 6 nitrogen and oxygen atoms in total. The second kappa shape index (κ2) is 5.64. The van der Waals surface area contributed by atoms with E-state index >= 15 is 0 Å². The molecule has 2 rings (SSSR count). The van der Waals surface area contributed by atoms with Crippen LogP contribution >= 0.6 is 11.5 Å². The summed E-state index contributed by atoms with van der Waals surface area (Å²) in [6.07, 6.45) is 3.30. The predicted octanol–water partition coefficient (Wildman–Crippen LogP) is 0.992. The van der Waals surface area contributed by atoms with Crippen LogP contribution in [-0.4, -0.2) is 45.9 Å². The molecule has 108 valence electrons. The molecule has 1 unspecified atom stereocenters. The van der Waals surface area contributed by atoms with Crippen molar-refractivity contribution in [1.29, 1.82) is 0 Å². The van der Waals surface area contributed by atoms with Crippen molar-refractivity contribution in [2.75, 3.05) is 43.7 Å². The molecule has 2 N–H and O–H groups in total. The smallest absolute Gasteiger partial charge is 0.182 e. The van der Waals surface area contributed by atoms with E-state index in [-0.39, 0.29) is 10.7 Å². The number of sulfone groups is 1. The first-order chi connectivity index (χ1) is 8.93. The molecule has 0 spiro atoms. The van der Waals surface area contributed by atoms with Crippen molar-refractivity contribution in [3.63, 3.8) is 0 Å². The van der Waals surface area contributed by atoms with E-state index in [1.54, 1.807) is 7.11 Å². The molecule has 1 atom stereocenters. The lowest BCUT2D eigenvalue weighted by Gasteiger charge is -2.33. The standard InChI is InChI=1S/C11H19N3O3S2/c1-17-7-8-4-3-5-14(6-8)11-9(19(2,15)16)10(12)13-18-11/h8H,3-7H2,1-2H3,(H2,12,13). The number of rotatable bonds is 4. The summed E-state index contributed by atoms with van der Waals surface area (Å²) in [7, 11) is -1.66. The SMILES string of the molecule is COCC1CCCN(c2snc(N)c2S(C)(=O)=O)C1. The first-order valence-corrected chi connectivity index (χ1v) is 8.79. The number of ether oxygens (including phenoxy) is 1. The Morgan fingerprint density at radius 1 is 1.58 bits per heavy atom. The summed E-state index contributed by atoms with van der Waals surface area (Å²) >= 11 is 1.16. The third-order valence-corrected chi connectivity index (χ3v) is 5.43. The second-order valence-electron chi connectivity index (χ2n) is 4.88. The van der Waals surface area contributed by atoms with Crippen molar-refractivity contribution in [1.82, 2.24) is 4.37 Å². The summed E-state index contributed by atoms with van der Waals surface area (Å²) in [5.41, 5.74) is 5.70. The zero-order valence-electron chi connectivity index (χ0n) is 11.1. The molecule has 0 saturated carbocycles. The van der Waals surface area contributed by atoms with Gasteiger partial charge in [0.25, 0.3) is 0 Å². The molecule has 2 heterocycles. The molecule has 1 aromatic heterocycles. The number of aromatic nitrogens is 1. The van der Waals surface area contributed by atoms with Crippen LogP contribution in [0.3, 0.4) is 0 Å². The minimum Gasteiger partial charge on any atom is -0.384 e. The van der Waals surface area contributed by atoms with Crippen molar-refractivity contribution < 1.29 is 13.2 Å². The maximum absolute atomic E-state index is 11.8. The number of nitrogen functional groups attached to an aromatic ring is 1. The van der Waals surface area contributed by atoms with E-state index in [2.05, 4.69) is 9.27 Å². The molecular weight excluding hydrogens is 286 g/mol. The van der Waals surface area contributed by atoms with Gasteiger partial charge >= 0.3 is 0 Å². The van der Waals surface area contributed by atoms with Crippen molar-refractivity contribution in [2.45, 2.75) is 17.7 Å². The average Bonchev–Trinajstić information content (AvgIpc) is 2.72. The third-order valence-electron chi connectivity index (χ3n) is 3.24. The van der Waals surface area contributed by atoms with E-state index in [1.807, 2.05) is 0 Å². The van der Waals surface area contributed by atoms with Crippen LogP contribution < -0.4 is 10.6 Å². The fourth-order valence-corrected chi connectivity index (χ4v) is 4.70. The average molecular weight is 305 g/mol. The Balaban J connectivity index is 2.27. The first-order valence-electron chi connectivity index (χ1n) is 6.12. The highest BCUT2D eigenvalue weighted by atomic mass is 32.2. The molecule has 1 saturated heterocycles. The fraction of sp³-hybridized carbons (Fsp3) is 0.727. The molecule has 1 fully saturated rings. The number of methoxy groups -OCH3 is 1. The number of hydrogen-bond donors (Lipinski definition) is 1. The predicted molar refractivity (Wildman–Crippen MR) is 76.4 cm³/mol. The molecule has 0 aliphatic carbocycles. The van der Waals surface area contributed by atoms with Crippen LogP contribution in [0, 0.1) is 5.92 Å². The summed E-state index contributed by atoms with van der Waals surface area (Å²) in [4.78, 5) is 2.24. The van der Waals surface area contributed by atoms with Gasteiger partial charge in [-0.1, -0.05) is 0 Å². The summed E-state index contributed by atoms with van der Waals surface area (Å²) < 4.78 is 32.8. The Morgan fingerprint density at radius 3 is 2.95 bits per heavy atom. The Hall–Kier alpha value is -0.860. The van der Waals surface area contributed by atoms with E-state index in [9.17, 15) is 8.42 Å². The molecule has 0 amide bonds. The van der Waals surface area contributed by atoms with Crippen molar-refractivity contribution in [3.05, 3.63) is 0 Å². The lowest BCUT2D eigenvalue weighted by Crippen LogP contribution is -2.37. The van der Waals surface area contributed by atoms with Crippen molar-refractivity contribution >= 4 is 32.2 Å². The topological polar surface area (TPSA) is 85.5 Å². The van der Waals surface area contributed by atoms with Crippen LogP contribution in [0.2, 0.25) is 0 Å². The van der Waals surface area contributed by atoms with Gasteiger partial charge in [0.1, 0.15) is 9.90 Å². The highest BCUT2D eigenvalue weighted by Gasteiger charge is 2.28. The molecule has 19 heavy (non-hydrogen) atoms. The van der Waals surface area contributed by atoms with Gasteiger partial charge in [0, 0.05) is 26.5 Å². The molecule has 0 radical (unpaired) electrons. The van der Waals surface area contributed by atoms with Gasteiger partial charge in [-0.3, -0.25) is 0 Å². The van der Waals surface area contributed by atoms with Crippen LogP contribution in [-0.2, 0) is 14.6 Å². The van der Waals surface area contributed by atoms with E-state index in [0.29, 0.717) is 17.5 Å². The van der Waals surface area contributed by atoms with E-state index in [0.717, 1.165) is 37.5 Å². The lowest BCUT2D eigenvalue weighted by molar-refractivity contribution is 0.143. The van der Waals surface area contributed by atoms with Crippen LogP contribution in [0.25, 0.3) is 0 Å². The van der Waals surface area contributed by atoms with E-state index < -0.39 is 9.84 Å². The highest BCUT2D eigenvalue weighted by molar-refractivity contribution is 7.91. The maximum atomic E-state index is 11.8. The number of hydrogen-bond acceptors (Lipinski definition) is 7. The number of anilines is 2. The Labute approximate surface area is 117 Å². The van der Waals surface area contributed by atoms with Crippen molar-refractivity contribution in [3.8, 4) is 0 Å². The number of nitrogens with two attached hydrogens (primary N) is 1. The third kappa shape index (κ3) is 3.18. The van der Waals surface area contributed by atoms with Crippen LogP contribution in [0.1, 0.15) is 12.8 Å². The number of piperidine rings is 1. The monoisotopic (exact) mass is 305 g/mol. The van der Waals surface area contributed by atoms with Gasteiger partial charge in [-0.2, -0.15) is 4.37 Å². The summed E-state index contributed by atoms with van der Waals surface area (Å²) in [6.45, 7) is 2.32. The second-order valence-corrected chi connectivity index (χ2v) is 7.59. The minimum absolute atomic E-state index is 0.108. The summed E-state index contributed by atoms with van der Waals surface area (Å²) in [6, 6.07) is 0. The molecular formula is C11H19N3O3S2. The van der Waals surface area contributed by atoms with Gasteiger partial charge in [-0.25, -0.2) is 8.42 Å². The normalized spacial score (nSPS) is 20.7. The summed E-state index contributed by atoms with van der Waals surface area (Å²) in [5.74, 6) is 0.533. The van der Waals surface area contributed by atoms with Gasteiger partial charge in [0.2, 0.25) is 0 Å². The molecule has 0 aromatic carbocycles. The van der Waals surface area contributed by atoms with E-state index in [1.165, 1.54) is 6.26 Å². The molecule has 0 bridgehead atoms. The zero-order chi connectivity index (χ0) is 14.0. The first kappa shape index (κ1) is 14.5. The van der Waals surface area contributed by atoms with Gasteiger partial charge in [0.15, 0.2) is 15.7 Å². The van der Waals surface area contributed by atoms with Crippen LogP contribution in [0.5, 0.6) is 0 Å². The van der Waals surface area contributed by atoms with Crippen molar-refractivity contribution in [2.24, 2.45) is 5.92 Å². The highest BCUT2D eigenvalue weighted by Crippen LogP contribution is 2.36. The Morgan fingerprint density at radius 2 is 2.32 bits per heavy atom. The van der Waals surface area contributed by atoms with Gasteiger partial charge in [-0.05, 0) is 30.3 Å². The molecule has 1 aliphatic rings. The molecule has 1 aliphatic heterocycles. The largest absolute Gasteiger partial charge is 0.384 e. The maximum Gasteiger partial charge on any atom is 0.182 e. The molecule has 1 aromatic rings. The minimum atomic E-state index is -3.35. The zero-order valence-corrected chi connectivity index (χ0v) is 12.8. The van der Waals surface area contributed by atoms with Gasteiger partial charge in [-0.15, -0.1) is 0 Å². The van der Waals surface area contributed by atoms with Crippen LogP contribution in [0.4, 0.5) is 10.8 Å². The Bertz CT molecular complexity index is 539. The lowest BCUT2D eigenvalue weighted by atomic mass is 9.99. The quantitative estimate of drug-likeness (QED) is 0.893.